The van der Waals surface area contributed by atoms with Gasteiger partial charge in [-0.05, 0) is 37.0 Å². The number of pyridine rings is 1. The van der Waals surface area contributed by atoms with Crippen molar-refractivity contribution in [2.75, 3.05) is 0 Å². The highest BCUT2D eigenvalue weighted by Gasteiger charge is 2.08. The zero-order chi connectivity index (χ0) is 11.1. The van der Waals surface area contributed by atoms with Gasteiger partial charge < -0.3 is 5.73 Å². The second-order valence-corrected chi connectivity index (χ2v) is 3.50. The maximum Gasteiger partial charge on any atom is 0.0307 e. The van der Waals surface area contributed by atoms with Crippen molar-refractivity contribution in [2.45, 2.75) is 39.2 Å². The molecule has 0 spiro atoms. The van der Waals surface area contributed by atoms with Crippen LogP contribution in [0.1, 0.15) is 43.9 Å². The Morgan fingerprint density at radius 3 is 3.00 bits per heavy atom. The molecule has 1 heterocycles. The minimum atomic E-state index is 0.0869. The number of aromatic nitrogens is 1. The maximum absolute atomic E-state index is 6.12. The highest BCUT2D eigenvalue weighted by Crippen LogP contribution is 2.19. The van der Waals surface area contributed by atoms with Crippen LogP contribution in [-0.4, -0.2) is 4.98 Å². The standard InChI is InChI=1S/C13H18N2/c1-3-5-6-7-13(14)12-8-9-15-10-11(12)4-2/h8-10,13H,4,6-7,14H2,1-2H3. The molecule has 80 valence electrons. The van der Waals surface area contributed by atoms with Crippen molar-refractivity contribution < 1.29 is 0 Å². The average Bonchev–Trinajstić information content (AvgIpc) is 2.29. The SMILES string of the molecule is CC#CCCC(N)c1ccncc1CC. The number of nitrogens with two attached hydrogens (primary N) is 1. The smallest absolute Gasteiger partial charge is 0.0307 e. The molecule has 0 aromatic carbocycles. The van der Waals surface area contributed by atoms with Crippen molar-refractivity contribution in [1.82, 2.24) is 4.98 Å². The number of hydrogen-bond donors (Lipinski definition) is 1. The summed E-state index contributed by atoms with van der Waals surface area (Å²) in [6.45, 7) is 3.98. The van der Waals surface area contributed by atoms with Gasteiger partial charge in [0.1, 0.15) is 0 Å². The Labute approximate surface area is 91.9 Å². The van der Waals surface area contributed by atoms with Crippen LogP contribution in [0.4, 0.5) is 0 Å². The third-order valence-corrected chi connectivity index (χ3v) is 2.48. The first-order chi connectivity index (χ1) is 7.29. The summed E-state index contributed by atoms with van der Waals surface area (Å²) in [5.41, 5.74) is 8.57. The highest BCUT2D eigenvalue weighted by atomic mass is 14.7. The monoisotopic (exact) mass is 202 g/mol. The van der Waals surface area contributed by atoms with Crippen LogP contribution in [0.15, 0.2) is 18.5 Å². The van der Waals surface area contributed by atoms with Gasteiger partial charge in [-0.25, -0.2) is 0 Å². The van der Waals surface area contributed by atoms with Crippen LogP contribution in [0.2, 0.25) is 0 Å². The Kier molecular flexibility index (Phi) is 4.86. The lowest BCUT2D eigenvalue weighted by Gasteiger charge is -2.13. The highest BCUT2D eigenvalue weighted by molar-refractivity contribution is 5.26. The number of aryl methyl sites for hydroxylation is 1. The molecular formula is C13H18N2. The van der Waals surface area contributed by atoms with Gasteiger partial charge in [-0.15, -0.1) is 11.8 Å². The Hall–Kier alpha value is -1.33. The summed E-state index contributed by atoms with van der Waals surface area (Å²) in [6.07, 6.45) is 6.47. The topological polar surface area (TPSA) is 38.9 Å². The molecule has 15 heavy (non-hydrogen) atoms. The van der Waals surface area contributed by atoms with Gasteiger partial charge >= 0.3 is 0 Å². The van der Waals surface area contributed by atoms with E-state index in [1.54, 1.807) is 6.20 Å². The van der Waals surface area contributed by atoms with E-state index in [0.29, 0.717) is 0 Å². The zero-order valence-corrected chi connectivity index (χ0v) is 9.46. The molecule has 1 unspecified atom stereocenters. The molecule has 2 N–H and O–H groups in total. The van der Waals surface area contributed by atoms with E-state index in [9.17, 15) is 0 Å². The fourth-order valence-corrected chi connectivity index (χ4v) is 1.60. The Balaban J connectivity index is 2.70. The third kappa shape index (κ3) is 3.38. The lowest BCUT2D eigenvalue weighted by molar-refractivity contribution is 0.659. The second-order valence-electron chi connectivity index (χ2n) is 3.50. The lowest BCUT2D eigenvalue weighted by Crippen LogP contribution is -2.12. The summed E-state index contributed by atoms with van der Waals surface area (Å²) in [5, 5.41) is 0. The molecule has 0 bridgehead atoms. The molecule has 1 rings (SSSR count). The fourth-order valence-electron chi connectivity index (χ4n) is 1.60. The molecule has 0 aliphatic carbocycles. The molecule has 0 amide bonds. The molecule has 0 fully saturated rings. The van der Waals surface area contributed by atoms with Crippen molar-refractivity contribution in [3.8, 4) is 11.8 Å². The van der Waals surface area contributed by atoms with Crippen LogP contribution < -0.4 is 5.73 Å². The van der Waals surface area contributed by atoms with Crippen LogP contribution >= 0.6 is 0 Å². The van der Waals surface area contributed by atoms with E-state index >= 15 is 0 Å². The normalized spacial score (nSPS) is 11.7. The van der Waals surface area contributed by atoms with Crippen LogP contribution in [0.25, 0.3) is 0 Å². The van der Waals surface area contributed by atoms with E-state index in [1.165, 1.54) is 11.1 Å². The summed E-state index contributed by atoms with van der Waals surface area (Å²) in [4.78, 5) is 4.11. The van der Waals surface area contributed by atoms with Gasteiger partial charge in [0, 0.05) is 24.9 Å². The number of rotatable bonds is 4. The van der Waals surface area contributed by atoms with Crippen molar-refractivity contribution in [3.63, 3.8) is 0 Å². The first-order valence-corrected chi connectivity index (χ1v) is 5.37. The van der Waals surface area contributed by atoms with Gasteiger partial charge in [0.05, 0.1) is 0 Å². The number of hydrogen-bond acceptors (Lipinski definition) is 2. The molecule has 0 saturated carbocycles. The summed E-state index contributed by atoms with van der Waals surface area (Å²) >= 11 is 0. The summed E-state index contributed by atoms with van der Waals surface area (Å²) in [6, 6.07) is 2.10. The van der Waals surface area contributed by atoms with Crippen molar-refractivity contribution >= 4 is 0 Å². The Morgan fingerprint density at radius 1 is 1.53 bits per heavy atom. The summed E-state index contributed by atoms with van der Waals surface area (Å²) in [5.74, 6) is 5.93. The van der Waals surface area contributed by atoms with Crippen molar-refractivity contribution in [1.29, 1.82) is 0 Å². The van der Waals surface area contributed by atoms with E-state index in [4.69, 9.17) is 5.73 Å². The number of nitrogens with zero attached hydrogens (tertiary/aromatic N) is 1. The average molecular weight is 202 g/mol. The third-order valence-electron chi connectivity index (χ3n) is 2.48. The predicted molar refractivity (Wildman–Crippen MR) is 63.2 cm³/mol. The van der Waals surface area contributed by atoms with Crippen molar-refractivity contribution in [3.05, 3.63) is 29.6 Å². The van der Waals surface area contributed by atoms with E-state index in [0.717, 1.165) is 19.3 Å². The van der Waals surface area contributed by atoms with Gasteiger partial charge in [-0.2, -0.15) is 0 Å². The van der Waals surface area contributed by atoms with E-state index < -0.39 is 0 Å². The minimum Gasteiger partial charge on any atom is -0.324 e. The molecule has 0 radical (unpaired) electrons. The minimum absolute atomic E-state index is 0.0869. The van der Waals surface area contributed by atoms with Crippen LogP contribution in [0, 0.1) is 11.8 Å². The quantitative estimate of drug-likeness (QED) is 0.762. The molecule has 0 aliphatic rings. The van der Waals surface area contributed by atoms with Crippen LogP contribution in [0.5, 0.6) is 0 Å². The zero-order valence-electron chi connectivity index (χ0n) is 9.46. The molecule has 0 saturated heterocycles. The molecule has 1 atom stereocenters. The first-order valence-electron chi connectivity index (χ1n) is 5.37. The van der Waals surface area contributed by atoms with Gasteiger partial charge in [0.2, 0.25) is 0 Å². The first kappa shape index (κ1) is 11.7. The predicted octanol–water partition coefficient (Wildman–Crippen LogP) is 2.45. The Bertz CT molecular complexity index is 360. The van der Waals surface area contributed by atoms with E-state index in [2.05, 4.69) is 23.7 Å². The van der Waals surface area contributed by atoms with Gasteiger partial charge in [0.15, 0.2) is 0 Å². The van der Waals surface area contributed by atoms with Gasteiger partial charge in [-0.1, -0.05) is 6.92 Å². The fraction of sp³-hybridized carbons (Fsp3) is 0.462. The Morgan fingerprint density at radius 2 is 2.33 bits per heavy atom. The van der Waals surface area contributed by atoms with Crippen LogP contribution in [-0.2, 0) is 6.42 Å². The summed E-state index contributed by atoms with van der Waals surface area (Å²) < 4.78 is 0. The summed E-state index contributed by atoms with van der Waals surface area (Å²) in [7, 11) is 0. The largest absolute Gasteiger partial charge is 0.324 e. The van der Waals surface area contributed by atoms with E-state index in [1.807, 2.05) is 19.2 Å². The molecule has 2 nitrogen and oxygen atoms in total. The molecule has 1 aromatic heterocycles. The molecule has 1 aromatic rings. The van der Waals surface area contributed by atoms with E-state index in [-0.39, 0.29) is 6.04 Å². The van der Waals surface area contributed by atoms with Crippen LogP contribution in [0.3, 0.4) is 0 Å². The lowest BCUT2D eigenvalue weighted by atomic mass is 9.98. The second kappa shape index (κ2) is 6.21. The van der Waals surface area contributed by atoms with Gasteiger partial charge in [0.25, 0.3) is 0 Å². The molecule has 2 heteroatoms. The molecular weight excluding hydrogens is 184 g/mol. The van der Waals surface area contributed by atoms with Gasteiger partial charge in [-0.3, -0.25) is 4.98 Å². The van der Waals surface area contributed by atoms with Crippen molar-refractivity contribution in [2.24, 2.45) is 5.73 Å². The molecule has 0 aliphatic heterocycles. The maximum atomic E-state index is 6.12.